The number of alkyl carbamates (subject to hydrolysis) is 2. The maximum Gasteiger partial charge on any atom is 0.511 e. The number of hydrogen-bond acceptors (Lipinski definition) is 11. The van der Waals surface area contributed by atoms with Gasteiger partial charge in [0.2, 0.25) is 18.6 Å². The van der Waals surface area contributed by atoms with Gasteiger partial charge < -0.3 is 45.3 Å². The van der Waals surface area contributed by atoms with Gasteiger partial charge in [0.05, 0.1) is 6.16 Å². The molecule has 90 heavy (non-hydrogen) atoms. The van der Waals surface area contributed by atoms with E-state index in [0.29, 0.717) is 22.5 Å². The van der Waals surface area contributed by atoms with Crippen molar-refractivity contribution in [3.05, 3.63) is 179 Å². The number of terminal acetylenes is 2. The number of carbonyl (C=O) groups excluding carboxylic acids is 5. The van der Waals surface area contributed by atoms with Crippen molar-refractivity contribution in [1.82, 2.24) is 10.6 Å². The maximum absolute atomic E-state index is 13.5. The van der Waals surface area contributed by atoms with E-state index in [9.17, 15) is 42.9 Å². The first-order valence-electron chi connectivity index (χ1n) is 27.7. The SMILES string of the molecule is C#CC#CC#CC#Cc1ccc(NC(=O)[C@H](NC(=O)OCC2c3ccccc3-c3ccccc32)C(C)CP(=O)(O)O)cc1.C#CC#CC#CC#Cc1ccc(NC(=O)[C@H](NC(=O)OCC2c3ccccc3-c3ccccc32)C(C)C[P+](=O)OCOC(C)=O)cc1. The summed E-state index contributed by atoms with van der Waals surface area (Å²) in [5.41, 5.74) is 10.5. The largest absolute Gasteiger partial charge is 0.511 e. The number of hydrogen-bond donors (Lipinski definition) is 6. The smallest absolute Gasteiger partial charge is 0.449 e. The lowest BCUT2D eigenvalue weighted by Gasteiger charge is -2.25. The lowest BCUT2D eigenvalue weighted by molar-refractivity contribution is -0.147. The molecule has 0 radical (unpaired) electrons. The third-order valence-corrected chi connectivity index (χ3v) is 16.0. The standard InChI is InChI=1S/C37H29N2O7P.C34H27N2O6P/c1-4-5-6-7-8-9-14-28-19-21-29(22-20-28)38-36(41)35(26(2)24-47(43)46-25-45-27(3)40)39-37(42)44-23-34-32-17-12-10-15-30(32)31-16-11-13-18-33(31)34;1-3-4-5-6-7-8-13-25-18-20-26(21-19-25)35-33(37)32(24(2)23-43(39,40)41)36-34(38)42-22-31-29-16-11-9-14-27(29)28-15-10-12-17-30(28)31/h1,10-13,15-22,26,34-35H,23-25H2,2-3H3,(H-,38,39,41,42);1,9-12,14-21,24,31-32H,22-23H2,2H3,(H,35,37)(H,36,38)(H2,39,40,41)/p+1/t26?,35-;24?,32-/m11/s1. The van der Waals surface area contributed by atoms with Crippen LogP contribution in [-0.2, 0) is 42.2 Å². The molecule has 2 aliphatic carbocycles. The van der Waals surface area contributed by atoms with E-state index in [0.717, 1.165) is 44.5 Å². The molecule has 0 saturated carbocycles. The minimum Gasteiger partial charge on any atom is -0.449 e. The Labute approximate surface area is 523 Å². The monoisotopic (exact) mass is 1240 g/mol. The van der Waals surface area contributed by atoms with E-state index in [4.69, 9.17) is 26.8 Å². The van der Waals surface area contributed by atoms with Crippen LogP contribution in [0.25, 0.3) is 22.3 Å². The Bertz CT molecular complexity index is 4150. The quantitative estimate of drug-likeness (QED) is 0.0146. The minimum absolute atomic E-state index is 0.0183. The number of nitrogens with one attached hydrogen (secondary N) is 4. The summed E-state index contributed by atoms with van der Waals surface area (Å²) < 4.78 is 45.3. The third-order valence-electron chi connectivity index (χ3n) is 13.7. The van der Waals surface area contributed by atoms with Crippen molar-refractivity contribution in [1.29, 1.82) is 0 Å². The molecule has 4 amide bonds. The molecular formula is C71H57N4O13P2+. The fourth-order valence-corrected chi connectivity index (χ4v) is 11.6. The molecule has 0 spiro atoms. The second kappa shape index (κ2) is 33.2. The average molecular weight is 1240 g/mol. The number of carbonyl (C=O) groups is 5. The molecule has 3 unspecified atom stereocenters. The summed E-state index contributed by atoms with van der Waals surface area (Å²) in [4.78, 5) is 82.9. The zero-order valence-electron chi connectivity index (χ0n) is 48.8. The predicted molar refractivity (Wildman–Crippen MR) is 342 cm³/mol. The van der Waals surface area contributed by atoms with Crippen molar-refractivity contribution in [2.75, 3.05) is 43.0 Å². The van der Waals surface area contributed by atoms with Crippen LogP contribution in [0.3, 0.4) is 0 Å². The highest BCUT2D eigenvalue weighted by molar-refractivity contribution is 7.51. The second-order valence-corrected chi connectivity index (χ2v) is 23.0. The van der Waals surface area contributed by atoms with Crippen LogP contribution in [0, 0.1) is 108 Å². The molecule has 6 N–H and O–H groups in total. The summed E-state index contributed by atoms with van der Waals surface area (Å²) in [6.07, 6.45) is 7.64. The molecule has 0 aromatic heterocycles. The van der Waals surface area contributed by atoms with Gasteiger partial charge in [-0.2, -0.15) is 0 Å². The molecule has 0 bridgehead atoms. The van der Waals surface area contributed by atoms with E-state index in [-0.39, 0.29) is 31.2 Å². The van der Waals surface area contributed by atoms with Crippen molar-refractivity contribution in [3.8, 4) is 118 Å². The van der Waals surface area contributed by atoms with Crippen LogP contribution in [0.1, 0.15) is 66.0 Å². The summed E-state index contributed by atoms with van der Waals surface area (Å²) in [6, 6.07) is 42.4. The number of ether oxygens (including phenoxy) is 3. The number of benzene rings is 6. The number of anilines is 2. The van der Waals surface area contributed by atoms with Crippen LogP contribution in [0.15, 0.2) is 146 Å². The van der Waals surface area contributed by atoms with Crippen molar-refractivity contribution in [2.24, 2.45) is 11.8 Å². The van der Waals surface area contributed by atoms with Crippen molar-refractivity contribution < 1.29 is 61.6 Å². The molecule has 6 aromatic carbocycles. The molecule has 0 saturated heterocycles. The van der Waals surface area contributed by atoms with Crippen LogP contribution >= 0.6 is 15.6 Å². The molecule has 19 heteroatoms. The summed E-state index contributed by atoms with van der Waals surface area (Å²) in [5.74, 6) is 31.3. The van der Waals surface area contributed by atoms with E-state index >= 15 is 0 Å². The van der Waals surface area contributed by atoms with Crippen molar-refractivity contribution >= 4 is 57.0 Å². The normalized spacial score (nSPS) is 12.5. The Balaban J connectivity index is 0.000000257. The van der Waals surface area contributed by atoms with Crippen LogP contribution in [0.5, 0.6) is 0 Å². The molecule has 2 aliphatic rings. The first-order valence-corrected chi connectivity index (χ1v) is 30.8. The molecule has 0 heterocycles. The molecule has 17 nitrogen and oxygen atoms in total. The maximum atomic E-state index is 13.5. The predicted octanol–water partition coefficient (Wildman–Crippen LogP) is 9.78. The van der Waals surface area contributed by atoms with E-state index in [1.807, 2.05) is 97.1 Å². The van der Waals surface area contributed by atoms with Crippen LogP contribution in [0.2, 0.25) is 0 Å². The first kappa shape index (κ1) is 66.5. The van der Waals surface area contributed by atoms with Gasteiger partial charge in [-0.25, -0.2) is 9.59 Å². The molecule has 0 aliphatic heterocycles. The van der Waals surface area contributed by atoms with Gasteiger partial charge >= 0.3 is 33.8 Å². The second-order valence-electron chi connectivity index (χ2n) is 20.0. The van der Waals surface area contributed by atoms with Crippen molar-refractivity contribution in [3.63, 3.8) is 0 Å². The Kier molecular flexibility index (Phi) is 24.5. The Morgan fingerprint density at radius 1 is 0.522 bits per heavy atom. The number of amides is 4. The topological polar surface area (TPSA) is 245 Å². The summed E-state index contributed by atoms with van der Waals surface area (Å²) in [7, 11) is -6.81. The van der Waals surface area contributed by atoms with Gasteiger partial charge in [0, 0.05) is 47.2 Å². The van der Waals surface area contributed by atoms with Gasteiger partial charge in [-0.15, -0.1) is 17.4 Å². The first-order chi connectivity index (χ1) is 43.4. The molecular weight excluding hydrogens is 1180 g/mol. The Morgan fingerprint density at radius 3 is 1.24 bits per heavy atom. The van der Waals surface area contributed by atoms with Gasteiger partial charge in [-0.3, -0.25) is 18.9 Å². The fourth-order valence-electron chi connectivity index (χ4n) is 9.69. The molecule has 6 aromatic rings. The van der Waals surface area contributed by atoms with E-state index in [1.165, 1.54) is 13.8 Å². The van der Waals surface area contributed by atoms with Crippen molar-refractivity contribution in [2.45, 2.75) is 44.7 Å². The zero-order valence-corrected chi connectivity index (χ0v) is 50.6. The highest BCUT2D eigenvalue weighted by Gasteiger charge is 2.37. The Morgan fingerprint density at radius 2 is 0.878 bits per heavy atom. The summed E-state index contributed by atoms with van der Waals surface area (Å²) >= 11 is 0. The number of fused-ring (bicyclic) bond motifs is 6. The van der Waals surface area contributed by atoms with E-state index < -0.39 is 82.5 Å². The summed E-state index contributed by atoms with van der Waals surface area (Å²) in [5, 5.41) is 10.6. The van der Waals surface area contributed by atoms with Gasteiger partial charge in [0.25, 0.3) is 0 Å². The number of esters is 1. The lowest BCUT2D eigenvalue weighted by Crippen LogP contribution is -2.49. The van der Waals surface area contributed by atoms with Gasteiger partial charge in [0.1, 0.15) is 25.3 Å². The minimum atomic E-state index is -4.49. The van der Waals surface area contributed by atoms with Gasteiger partial charge in [-0.05, 0) is 175 Å². The van der Waals surface area contributed by atoms with E-state index in [1.54, 1.807) is 55.5 Å². The molecule has 5 atom stereocenters. The summed E-state index contributed by atoms with van der Waals surface area (Å²) in [6.45, 7) is 3.89. The van der Waals surface area contributed by atoms with Gasteiger partial charge in [-0.1, -0.05) is 123 Å². The van der Waals surface area contributed by atoms with Crippen LogP contribution < -0.4 is 21.3 Å². The highest BCUT2D eigenvalue weighted by atomic mass is 31.2. The zero-order chi connectivity index (χ0) is 64.4. The Hall–Kier alpha value is -11.0. The van der Waals surface area contributed by atoms with Gasteiger partial charge in [0.15, 0.2) is 6.16 Å². The average Bonchev–Trinajstić information content (AvgIpc) is 1.65. The van der Waals surface area contributed by atoms with Crippen LogP contribution in [0.4, 0.5) is 21.0 Å². The fraction of sp³-hybridized carbons (Fsp3) is 0.197. The molecule has 448 valence electrons. The molecule has 8 rings (SSSR count). The van der Waals surface area contributed by atoms with E-state index in [2.05, 4.69) is 109 Å². The number of rotatable bonds is 19. The lowest BCUT2D eigenvalue weighted by atomic mass is 9.98. The van der Waals surface area contributed by atoms with Crippen LogP contribution in [-0.4, -0.2) is 84.2 Å². The molecule has 0 fully saturated rings. The highest BCUT2D eigenvalue weighted by Crippen LogP contribution is 2.46. The third kappa shape index (κ3) is 19.7.